The largest absolute Gasteiger partial charge is 0.400 e. The maximum absolute atomic E-state index is 10.6. The summed E-state index contributed by atoms with van der Waals surface area (Å²) in [5.41, 5.74) is 10.4. The van der Waals surface area contributed by atoms with Crippen molar-refractivity contribution < 1.29 is 4.79 Å². The van der Waals surface area contributed by atoms with E-state index < -0.39 is 0 Å². The predicted octanol–water partition coefficient (Wildman–Crippen LogP) is 2.97. The molecule has 0 spiro atoms. The van der Waals surface area contributed by atoms with Gasteiger partial charge in [-0.25, -0.2) is 5.84 Å². The number of hydrazine groups is 1. The van der Waals surface area contributed by atoms with Gasteiger partial charge in [-0.3, -0.25) is 19.9 Å². The molecule has 0 radical (unpaired) electrons. The number of aromatic nitrogens is 1. The fourth-order valence-corrected chi connectivity index (χ4v) is 2.93. The minimum Gasteiger partial charge on any atom is -0.400 e. The highest BCUT2D eigenvalue weighted by Gasteiger charge is 2.11. The van der Waals surface area contributed by atoms with Gasteiger partial charge in [-0.15, -0.1) is 0 Å². The standard InChI is InChI=1S/C24H30N6O/c1-3-4-7-22(27-2)18-29(19-23-8-5-6-14-28-23)16-21(25)17-30(26)24-11-9-20(10-12-24)13-15-31/h3-12,14-15,17H,2,13,16,18-19,25-26H2,1H3/b4-3-,21-17-,22-7-. The minimum atomic E-state index is 0.381. The van der Waals surface area contributed by atoms with Gasteiger partial charge in [0.25, 0.3) is 0 Å². The molecule has 0 amide bonds. The molecular formula is C24H30N6O. The van der Waals surface area contributed by atoms with Crippen molar-refractivity contribution in [1.29, 1.82) is 0 Å². The van der Waals surface area contributed by atoms with Crippen molar-refractivity contribution in [3.05, 3.63) is 95.7 Å². The topological polar surface area (TPSA) is 101 Å². The third-order valence-corrected chi connectivity index (χ3v) is 4.45. The number of hydrogen-bond acceptors (Lipinski definition) is 7. The lowest BCUT2D eigenvalue weighted by Crippen LogP contribution is -2.32. The number of anilines is 1. The number of hydrogen-bond donors (Lipinski definition) is 2. The molecule has 0 unspecified atom stereocenters. The van der Waals surface area contributed by atoms with Crippen molar-refractivity contribution in [3.8, 4) is 0 Å². The second-order valence-electron chi connectivity index (χ2n) is 6.96. The first-order valence-corrected chi connectivity index (χ1v) is 9.99. The van der Waals surface area contributed by atoms with Crippen molar-refractivity contribution >= 4 is 18.7 Å². The van der Waals surface area contributed by atoms with E-state index in [4.69, 9.17) is 11.6 Å². The molecule has 0 saturated carbocycles. The first-order valence-electron chi connectivity index (χ1n) is 9.99. The number of aliphatic imine (C=N–C) groups is 1. The summed E-state index contributed by atoms with van der Waals surface area (Å²) in [6.07, 6.45) is 10.5. The molecule has 7 heteroatoms. The molecule has 2 aromatic rings. The fourth-order valence-electron chi connectivity index (χ4n) is 2.93. The van der Waals surface area contributed by atoms with Crippen molar-refractivity contribution in [2.45, 2.75) is 19.9 Å². The zero-order valence-electron chi connectivity index (χ0n) is 17.9. The Morgan fingerprint density at radius 3 is 2.58 bits per heavy atom. The van der Waals surface area contributed by atoms with Crippen LogP contribution in [0.4, 0.5) is 5.69 Å². The number of carbonyl (C=O) groups is 1. The second kappa shape index (κ2) is 12.9. The van der Waals surface area contributed by atoms with Crippen LogP contribution in [0.15, 0.2) is 89.5 Å². The molecule has 0 saturated heterocycles. The van der Waals surface area contributed by atoms with E-state index >= 15 is 0 Å². The van der Waals surface area contributed by atoms with Gasteiger partial charge < -0.3 is 10.5 Å². The molecule has 0 aliphatic heterocycles. The molecule has 7 nitrogen and oxygen atoms in total. The number of pyridine rings is 1. The highest BCUT2D eigenvalue weighted by molar-refractivity contribution is 5.57. The number of nitrogens with two attached hydrogens (primary N) is 2. The fraction of sp³-hybridized carbons (Fsp3) is 0.208. The average Bonchev–Trinajstić information content (AvgIpc) is 2.77. The van der Waals surface area contributed by atoms with Crippen LogP contribution < -0.4 is 16.6 Å². The molecule has 0 fully saturated rings. The zero-order chi connectivity index (χ0) is 22.5. The molecule has 2 rings (SSSR count). The van der Waals surface area contributed by atoms with E-state index in [2.05, 4.69) is 21.6 Å². The lowest BCUT2D eigenvalue weighted by atomic mass is 10.1. The van der Waals surface area contributed by atoms with Crippen LogP contribution in [0.3, 0.4) is 0 Å². The van der Waals surface area contributed by atoms with Crippen molar-refractivity contribution in [2.75, 3.05) is 18.1 Å². The summed E-state index contributed by atoms with van der Waals surface area (Å²) >= 11 is 0. The smallest absolute Gasteiger partial charge is 0.124 e. The van der Waals surface area contributed by atoms with Gasteiger partial charge in [0, 0.05) is 44.1 Å². The first-order chi connectivity index (χ1) is 15.0. The molecule has 0 aliphatic rings. The number of nitrogens with zero attached hydrogens (tertiary/aromatic N) is 4. The van der Waals surface area contributed by atoms with E-state index in [1.165, 1.54) is 5.01 Å². The molecule has 162 valence electrons. The summed E-state index contributed by atoms with van der Waals surface area (Å²) in [6, 6.07) is 13.3. The van der Waals surface area contributed by atoms with Crippen LogP contribution in [0, 0.1) is 0 Å². The van der Waals surface area contributed by atoms with E-state index in [9.17, 15) is 4.79 Å². The second-order valence-corrected chi connectivity index (χ2v) is 6.96. The molecule has 0 aliphatic carbocycles. The summed E-state index contributed by atoms with van der Waals surface area (Å²) in [5, 5.41) is 1.47. The van der Waals surface area contributed by atoms with Crippen LogP contribution in [0.5, 0.6) is 0 Å². The number of benzene rings is 1. The maximum Gasteiger partial charge on any atom is 0.124 e. The summed E-state index contributed by atoms with van der Waals surface area (Å²) in [6.45, 7) is 7.25. The van der Waals surface area contributed by atoms with E-state index in [1.54, 1.807) is 12.4 Å². The van der Waals surface area contributed by atoms with Gasteiger partial charge in [-0.2, -0.15) is 0 Å². The molecule has 4 N–H and O–H groups in total. The van der Waals surface area contributed by atoms with Crippen LogP contribution in [0.1, 0.15) is 18.2 Å². The molecule has 0 bridgehead atoms. The highest BCUT2D eigenvalue weighted by atomic mass is 16.1. The van der Waals surface area contributed by atoms with Gasteiger partial charge in [0.05, 0.1) is 17.1 Å². The molecule has 0 atom stereocenters. The van der Waals surface area contributed by atoms with Gasteiger partial charge in [0.15, 0.2) is 0 Å². The Labute approximate surface area is 184 Å². The van der Waals surface area contributed by atoms with E-state index in [-0.39, 0.29) is 0 Å². The number of rotatable bonds is 12. The van der Waals surface area contributed by atoms with Crippen molar-refractivity contribution in [1.82, 2.24) is 9.88 Å². The van der Waals surface area contributed by atoms with Crippen molar-refractivity contribution in [2.24, 2.45) is 16.6 Å². The van der Waals surface area contributed by atoms with Gasteiger partial charge in [-0.1, -0.05) is 30.4 Å². The Hall–Kier alpha value is -3.55. The first kappa shape index (κ1) is 23.7. The number of aldehydes is 1. The third kappa shape index (κ3) is 8.38. The summed E-state index contributed by atoms with van der Waals surface area (Å²) < 4.78 is 0. The molecule has 1 aromatic heterocycles. The van der Waals surface area contributed by atoms with Crippen molar-refractivity contribution in [3.63, 3.8) is 0 Å². The van der Waals surface area contributed by atoms with Crippen LogP contribution in [-0.4, -0.2) is 36.0 Å². The lowest BCUT2D eigenvalue weighted by Gasteiger charge is -2.23. The Balaban J connectivity index is 2.14. The van der Waals surface area contributed by atoms with E-state index in [1.807, 2.05) is 67.6 Å². The molecule has 1 heterocycles. The molecule has 1 aromatic carbocycles. The van der Waals surface area contributed by atoms with E-state index in [0.29, 0.717) is 31.8 Å². The summed E-state index contributed by atoms with van der Waals surface area (Å²) in [7, 11) is 0. The Morgan fingerprint density at radius 2 is 1.97 bits per heavy atom. The van der Waals surface area contributed by atoms with Gasteiger partial charge in [0.2, 0.25) is 0 Å². The Bertz CT molecular complexity index is 919. The van der Waals surface area contributed by atoms with Gasteiger partial charge in [0.1, 0.15) is 6.29 Å². The summed E-state index contributed by atoms with van der Waals surface area (Å²) in [4.78, 5) is 21.3. The molecule has 31 heavy (non-hydrogen) atoms. The van der Waals surface area contributed by atoms with Crippen LogP contribution in [-0.2, 0) is 17.8 Å². The van der Waals surface area contributed by atoms with Crippen LogP contribution >= 0.6 is 0 Å². The van der Waals surface area contributed by atoms with E-state index in [0.717, 1.165) is 28.9 Å². The highest BCUT2D eigenvalue weighted by Crippen LogP contribution is 2.14. The maximum atomic E-state index is 10.6. The predicted molar refractivity (Wildman–Crippen MR) is 127 cm³/mol. The normalized spacial score (nSPS) is 12.4. The minimum absolute atomic E-state index is 0.381. The average molecular weight is 419 g/mol. The number of allylic oxidation sites excluding steroid dienone is 3. The lowest BCUT2D eigenvalue weighted by molar-refractivity contribution is -0.107. The van der Waals surface area contributed by atoms with Gasteiger partial charge >= 0.3 is 0 Å². The molecular weight excluding hydrogens is 388 g/mol. The summed E-state index contributed by atoms with van der Waals surface area (Å²) in [5.74, 6) is 6.17. The monoisotopic (exact) mass is 418 g/mol. The van der Waals surface area contributed by atoms with Gasteiger partial charge in [-0.05, 0) is 49.5 Å². The van der Waals surface area contributed by atoms with Crippen LogP contribution in [0.25, 0.3) is 0 Å². The Morgan fingerprint density at radius 1 is 1.19 bits per heavy atom. The Kier molecular flexibility index (Phi) is 9.87. The quantitative estimate of drug-likeness (QED) is 0.181. The SMILES string of the molecule is C=N/C(=C\C=C/C)CN(C/C(N)=C/N(N)c1ccc(CC=O)cc1)Cc1ccccn1. The number of carbonyl (C=O) groups excluding carboxylic acids is 1. The third-order valence-electron chi connectivity index (χ3n) is 4.45. The zero-order valence-corrected chi connectivity index (χ0v) is 17.9. The van der Waals surface area contributed by atoms with Crippen LogP contribution in [0.2, 0.25) is 0 Å².